The number of carbonyl (C=O) groups excluding carboxylic acids is 1. The summed E-state index contributed by atoms with van der Waals surface area (Å²) >= 11 is 0. The van der Waals surface area contributed by atoms with Crippen LogP contribution in [0.2, 0.25) is 0 Å². The molecule has 3 rings (SSSR count). The summed E-state index contributed by atoms with van der Waals surface area (Å²) < 4.78 is 6.88. The van der Waals surface area contributed by atoms with Crippen LogP contribution in [0.1, 0.15) is 5.56 Å². The second kappa shape index (κ2) is 6.53. The first kappa shape index (κ1) is 15.1. The zero-order chi connectivity index (χ0) is 16.2. The fourth-order valence-corrected chi connectivity index (χ4v) is 2.75. The molecule has 0 saturated heterocycles. The van der Waals surface area contributed by atoms with E-state index in [-0.39, 0.29) is 12.5 Å². The van der Waals surface area contributed by atoms with E-state index in [1.807, 2.05) is 41.0 Å². The molecule has 0 saturated carbocycles. The Hall–Kier alpha value is -2.81. The van der Waals surface area contributed by atoms with E-state index in [1.165, 1.54) is 12.7 Å². The molecular weight excluding hydrogens is 286 g/mol. The number of esters is 1. The van der Waals surface area contributed by atoms with E-state index in [2.05, 4.69) is 37.3 Å². The minimum absolute atomic E-state index is 0.191. The van der Waals surface area contributed by atoms with E-state index in [0.717, 1.165) is 22.5 Å². The maximum Gasteiger partial charge on any atom is 0.325 e. The smallest absolute Gasteiger partial charge is 0.325 e. The minimum Gasteiger partial charge on any atom is -0.468 e. The van der Waals surface area contributed by atoms with Crippen LogP contribution in [-0.2, 0) is 16.1 Å². The number of aryl methyl sites for hydroxylation is 1. The Labute approximate surface area is 136 Å². The topological polar surface area (TPSA) is 31.2 Å². The van der Waals surface area contributed by atoms with Gasteiger partial charge in [-0.15, -0.1) is 0 Å². The first-order chi connectivity index (χ1) is 11.2. The lowest BCUT2D eigenvalue weighted by Gasteiger charge is -2.13. The van der Waals surface area contributed by atoms with Crippen LogP contribution in [0.15, 0.2) is 66.7 Å². The molecule has 3 nitrogen and oxygen atoms in total. The Balaban J connectivity index is 2.13. The summed E-state index contributed by atoms with van der Waals surface area (Å²) in [7, 11) is 1.42. The monoisotopic (exact) mass is 305 g/mol. The van der Waals surface area contributed by atoms with Crippen molar-refractivity contribution in [2.75, 3.05) is 7.11 Å². The summed E-state index contributed by atoms with van der Waals surface area (Å²) in [5.74, 6) is -0.257. The first-order valence-corrected chi connectivity index (χ1v) is 7.58. The van der Waals surface area contributed by atoms with Gasteiger partial charge in [-0.1, -0.05) is 54.1 Å². The predicted molar refractivity (Wildman–Crippen MR) is 92.1 cm³/mol. The number of carbonyl (C=O) groups is 1. The predicted octanol–water partition coefficient (Wildman–Crippen LogP) is 4.30. The van der Waals surface area contributed by atoms with Gasteiger partial charge in [0.05, 0.1) is 7.11 Å². The molecule has 0 fully saturated rings. The molecule has 23 heavy (non-hydrogen) atoms. The standard InChI is InChI=1S/C20H19NO2/c1-15-7-6-10-17(13-15)19-12-11-18(16-8-4-3-5-9-16)21(19)14-20(22)23-2/h3-13H,14H2,1-2H3. The van der Waals surface area contributed by atoms with Crippen molar-refractivity contribution in [3.63, 3.8) is 0 Å². The number of nitrogens with zero attached hydrogens (tertiary/aromatic N) is 1. The molecule has 0 aliphatic rings. The molecule has 0 unspecified atom stereocenters. The second-order valence-electron chi connectivity index (χ2n) is 5.50. The maximum atomic E-state index is 11.9. The third kappa shape index (κ3) is 3.19. The molecule has 0 amide bonds. The number of methoxy groups -OCH3 is 1. The van der Waals surface area contributed by atoms with Crippen LogP contribution in [0.4, 0.5) is 0 Å². The van der Waals surface area contributed by atoms with Gasteiger partial charge in [0.1, 0.15) is 6.54 Å². The average molecular weight is 305 g/mol. The van der Waals surface area contributed by atoms with Crippen LogP contribution in [0.25, 0.3) is 22.5 Å². The van der Waals surface area contributed by atoms with Crippen molar-refractivity contribution >= 4 is 5.97 Å². The highest BCUT2D eigenvalue weighted by Crippen LogP contribution is 2.29. The maximum absolute atomic E-state index is 11.9. The van der Waals surface area contributed by atoms with Crippen molar-refractivity contribution in [3.05, 3.63) is 72.3 Å². The van der Waals surface area contributed by atoms with Crippen molar-refractivity contribution in [1.82, 2.24) is 4.57 Å². The van der Waals surface area contributed by atoms with Crippen LogP contribution >= 0.6 is 0 Å². The Morgan fingerprint density at radius 3 is 2.22 bits per heavy atom. The molecule has 0 aliphatic carbocycles. The minimum atomic E-state index is -0.257. The van der Waals surface area contributed by atoms with Gasteiger partial charge in [0.25, 0.3) is 0 Å². The zero-order valence-corrected chi connectivity index (χ0v) is 13.3. The molecular formula is C20H19NO2. The SMILES string of the molecule is COC(=O)Cn1c(-c2ccccc2)ccc1-c1cccc(C)c1. The van der Waals surface area contributed by atoms with Crippen LogP contribution in [0, 0.1) is 6.92 Å². The van der Waals surface area contributed by atoms with Crippen LogP contribution in [0.5, 0.6) is 0 Å². The lowest BCUT2D eigenvalue weighted by molar-refractivity contribution is -0.141. The van der Waals surface area contributed by atoms with Gasteiger partial charge in [-0.05, 0) is 36.2 Å². The number of aromatic nitrogens is 1. The molecule has 3 heteroatoms. The van der Waals surface area contributed by atoms with Crippen molar-refractivity contribution in [2.45, 2.75) is 13.5 Å². The molecule has 0 atom stereocenters. The van der Waals surface area contributed by atoms with Gasteiger partial charge in [0, 0.05) is 11.4 Å². The van der Waals surface area contributed by atoms with Crippen LogP contribution in [-0.4, -0.2) is 17.6 Å². The summed E-state index contributed by atoms with van der Waals surface area (Å²) in [6, 6.07) is 22.5. The van der Waals surface area contributed by atoms with E-state index < -0.39 is 0 Å². The van der Waals surface area contributed by atoms with E-state index in [1.54, 1.807) is 0 Å². The number of ether oxygens (including phenoxy) is 1. The highest BCUT2D eigenvalue weighted by atomic mass is 16.5. The molecule has 3 aromatic rings. The normalized spacial score (nSPS) is 10.5. The van der Waals surface area contributed by atoms with E-state index in [4.69, 9.17) is 4.74 Å². The molecule has 1 heterocycles. The fourth-order valence-electron chi connectivity index (χ4n) is 2.75. The lowest BCUT2D eigenvalue weighted by atomic mass is 10.1. The van der Waals surface area contributed by atoms with E-state index in [9.17, 15) is 4.79 Å². The molecule has 0 radical (unpaired) electrons. The van der Waals surface area contributed by atoms with E-state index >= 15 is 0 Å². The van der Waals surface area contributed by atoms with Gasteiger partial charge >= 0.3 is 5.97 Å². The number of hydrogen-bond donors (Lipinski definition) is 0. The molecule has 116 valence electrons. The van der Waals surface area contributed by atoms with Crippen molar-refractivity contribution in [3.8, 4) is 22.5 Å². The zero-order valence-electron chi connectivity index (χ0n) is 13.3. The summed E-state index contributed by atoms with van der Waals surface area (Å²) in [5, 5.41) is 0. The largest absolute Gasteiger partial charge is 0.468 e. The summed E-state index contributed by atoms with van der Waals surface area (Å²) in [5.41, 5.74) is 5.38. The number of rotatable bonds is 4. The Morgan fingerprint density at radius 2 is 1.57 bits per heavy atom. The summed E-state index contributed by atoms with van der Waals surface area (Å²) in [4.78, 5) is 11.9. The summed E-state index contributed by atoms with van der Waals surface area (Å²) in [6.07, 6.45) is 0. The molecule has 0 bridgehead atoms. The first-order valence-electron chi connectivity index (χ1n) is 7.58. The Bertz CT molecular complexity index is 819. The average Bonchev–Trinajstić information content (AvgIpc) is 2.99. The molecule has 0 spiro atoms. The fraction of sp³-hybridized carbons (Fsp3) is 0.150. The molecule has 2 aromatic carbocycles. The quantitative estimate of drug-likeness (QED) is 0.673. The third-order valence-corrected chi connectivity index (χ3v) is 3.88. The lowest BCUT2D eigenvalue weighted by Crippen LogP contribution is -2.13. The van der Waals surface area contributed by atoms with Crippen LogP contribution in [0.3, 0.4) is 0 Å². The number of benzene rings is 2. The highest BCUT2D eigenvalue weighted by molar-refractivity contribution is 5.75. The Morgan fingerprint density at radius 1 is 0.913 bits per heavy atom. The van der Waals surface area contributed by atoms with Gasteiger partial charge < -0.3 is 9.30 Å². The Kier molecular flexibility index (Phi) is 4.29. The molecule has 0 N–H and O–H groups in total. The number of hydrogen-bond acceptors (Lipinski definition) is 2. The van der Waals surface area contributed by atoms with Gasteiger partial charge in [-0.25, -0.2) is 0 Å². The van der Waals surface area contributed by atoms with Crippen molar-refractivity contribution < 1.29 is 9.53 Å². The molecule has 0 aliphatic heterocycles. The van der Waals surface area contributed by atoms with Gasteiger partial charge in [0.15, 0.2) is 0 Å². The second-order valence-corrected chi connectivity index (χ2v) is 5.50. The van der Waals surface area contributed by atoms with Gasteiger partial charge in [0.2, 0.25) is 0 Å². The summed E-state index contributed by atoms with van der Waals surface area (Å²) in [6.45, 7) is 2.26. The van der Waals surface area contributed by atoms with Crippen molar-refractivity contribution in [1.29, 1.82) is 0 Å². The van der Waals surface area contributed by atoms with Gasteiger partial charge in [-0.3, -0.25) is 4.79 Å². The van der Waals surface area contributed by atoms with Gasteiger partial charge in [-0.2, -0.15) is 0 Å². The molecule has 1 aromatic heterocycles. The highest BCUT2D eigenvalue weighted by Gasteiger charge is 2.14. The van der Waals surface area contributed by atoms with Crippen molar-refractivity contribution in [2.24, 2.45) is 0 Å². The third-order valence-electron chi connectivity index (χ3n) is 3.88. The van der Waals surface area contributed by atoms with Crippen LogP contribution < -0.4 is 0 Å². The van der Waals surface area contributed by atoms with E-state index in [0.29, 0.717) is 0 Å².